The number of carbonyl (C=O) groups is 1. The number of nitrogens with zero attached hydrogens (tertiary/aromatic N) is 2. The van der Waals surface area contributed by atoms with Crippen molar-refractivity contribution in [2.45, 2.75) is 69.1 Å². The van der Waals surface area contributed by atoms with Gasteiger partial charge in [-0.1, -0.05) is 39.5 Å². The zero-order chi connectivity index (χ0) is 29.3. The normalized spacial score (nSPS) is 16.7. The smallest absolute Gasteiger partial charge is 0.333 e. The van der Waals surface area contributed by atoms with Crippen LogP contribution in [0.3, 0.4) is 0 Å². The molecule has 2 aromatic carbocycles. The number of carbonyl (C=O) groups excluding carboxylic acids is 1. The van der Waals surface area contributed by atoms with E-state index in [0.29, 0.717) is 22.9 Å². The molecule has 0 aromatic heterocycles. The first-order valence-electron chi connectivity index (χ1n) is 13.6. The zero-order valence-corrected chi connectivity index (χ0v) is 25.3. The van der Waals surface area contributed by atoms with E-state index in [0.717, 1.165) is 49.1 Å². The molecule has 0 fully saturated rings. The predicted octanol–water partition coefficient (Wildman–Crippen LogP) is 8.40. The molecule has 0 saturated carbocycles. The Balaban J connectivity index is 2.19. The van der Waals surface area contributed by atoms with Crippen LogP contribution in [0.4, 0.5) is 17.1 Å². The molecule has 2 aromatic rings. The summed E-state index contributed by atoms with van der Waals surface area (Å²) in [6.07, 6.45) is 9.85. The van der Waals surface area contributed by atoms with Gasteiger partial charge in [0.25, 0.3) is 5.69 Å². The fraction of sp³-hybridized carbons (Fsp3) is 0.483. The van der Waals surface area contributed by atoms with E-state index < -0.39 is 21.5 Å². The van der Waals surface area contributed by atoms with Crippen molar-refractivity contribution in [2.24, 2.45) is 5.41 Å². The van der Waals surface area contributed by atoms with E-state index in [9.17, 15) is 24.0 Å². The maximum absolute atomic E-state index is 11.8. The summed E-state index contributed by atoms with van der Waals surface area (Å²) < 4.78 is 34.2. The molecule has 1 aliphatic heterocycles. The van der Waals surface area contributed by atoms with Crippen molar-refractivity contribution in [1.29, 1.82) is 0 Å². The van der Waals surface area contributed by atoms with Crippen molar-refractivity contribution in [3.63, 3.8) is 0 Å². The molecule has 0 spiro atoms. The SMILES string of the molecule is CCCCC1(CCCC)CN(c2ccc([N+](=O)[O-])cc2)c2cc(SC)c(O/C=C/C(=O)OCC)cc2S(O)(O)C1. The molecule has 0 unspecified atom stereocenters. The molecule has 0 bridgehead atoms. The summed E-state index contributed by atoms with van der Waals surface area (Å²) in [4.78, 5) is 25.8. The molecule has 9 nitrogen and oxygen atoms in total. The molecule has 0 atom stereocenters. The lowest BCUT2D eigenvalue weighted by molar-refractivity contribution is -0.384. The summed E-state index contributed by atoms with van der Waals surface area (Å²) in [5.41, 5.74) is 0.989. The number of unbranched alkanes of at least 4 members (excludes halogenated alkanes) is 2. The van der Waals surface area contributed by atoms with Crippen LogP contribution in [0.1, 0.15) is 59.3 Å². The number of thioether (sulfide) groups is 1. The van der Waals surface area contributed by atoms with E-state index in [4.69, 9.17) is 9.47 Å². The molecule has 1 heterocycles. The molecule has 0 amide bonds. The van der Waals surface area contributed by atoms with Crippen molar-refractivity contribution in [1.82, 2.24) is 0 Å². The molecule has 1 aliphatic rings. The van der Waals surface area contributed by atoms with E-state index in [2.05, 4.69) is 18.7 Å². The minimum atomic E-state index is -3.26. The number of nitro groups is 1. The van der Waals surface area contributed by atoms with Gasteiger partial charge in [0.15, 0.2) is 0 Å². The van der Waals surface area contributed by atoms with Crippen LogP contribution in [0.15, 0.2) is 58.5 Å². The molecule has 0 radical (unpaired) electrons. The second-order valence-corrected chi connectivity index (χ2v) is 12.9. The third-order valence-corrected chi connectivity index (χ3v) is 9.87. The summed E-state index contributed by atoms with van der Waals surface area (Å²) in [7, 11) is -3.26. The third kappa shape index (κ3) is 7.72. The van der Waals surface area contributed by atoms with E-state index in [1.807, 2.05) is 12.3 Å². The fourth-order valence-corrected chi connectivity index (χ4v) is 7.82. The van der Waals surface area contributed by atoms with E-state index in [1.54, 1.807) is 25.1 Å². The molecule has 11 heteroatoms. The number of benzene rings is 2. The molecule has 40 heavy (non-hydrogen) atoms. The molecule has 220 valence electrons. The Hall–Kier alpha value is -2.73. The Labute approximate surface area is 242 Å². The Kier molecular flexibility index (Phi) is 11.3. The highest BCUT2D eigenvalue weighted by Gasteiger charge is 2.42. The highest BCUT2D eigenvalue weighted by atomic mass is 32.3. The number of anilines is 2. The first-order valence-corrected chi connectivity index (χ1v) is 16.5. The predicted molar refractivity (Wildman–Crippen MR) is 162 cm³/mol. The van der Waals surface area contributed by atoms with Crippen LogP contribution >= 0.6 is 22.4 Å². The van der Waals surface area contributed by atoms with E-state index in [-0.39, 0.29) is 23.5 Å². The van der Waals surface area contributed by atoms with Gasteiger partial charge in [0, 0.05) is 41.6 Å². The van der Waals surface area contributed by atoms with Crippen LogP contribution in [0.25, 0.3) is 0 Å². The molecule has 0 saturated heterocycles. The van der Waals surface area contributed by atoms with Gasteiger partial charge in [0.1, 0.15) is 5.75 Å². The number of ether oxygens (including phenoxy) is 2. The summed E-state index contributed by atoms with van der Waals surface area (Å²) in [5.74, 6) is 0.0750. The van der Waals surface area contributed by atoms with Crippen LogP contribution in [0.2, 0.25) is 0 Å². The minimum Gasteiger partial charge on any atom is -0.463 e. The number of fused-ring (bicyclic) bond motifs is 1. The highest BCUT2D eigenvalue weighted by molar-refractivity contribution is 8.24. The average molecular weight is 593 g/mol. The van der Waals surface area contributed by atoms with Crippen LogP contribution in [-0.4, -0.2) is 45.2 Å². The van der Waals surface area contributed by atoms with Crippen LogP contribution in [0, 0.1) is 15.5 Å². The summed E-state index contributed by atoms with van der Waals surface area (Å²) in [5, 5.41) is 11.3. The quantitative estimate of drug-likeness (QED) is 0.0589. The number of hydrogen-bond acceptors (Lipinski definition) is 9. The van der Waals surface area contributed by atoms with Crippen LogP contribution in [-0.2, 0) is 9.53 Å². The topological polar surface area (TPSA) is 122 Å². The lowest BCUT2D eigenvalue weighted by atomic mass is 9.79. The van der Waals surface area contributed by atoms with Crippen LogP contribution in [0.5, 0.6) is 5.75 Å². The monoisotopic (exact) mass is 592 g/mol. The summed E-state index contributed by atoms with van der Waals surface area (Å²) in [6.45, 7) is 6.76. The maximum atomic E-state index is 11.8. The Bertz CT molecular complexity index is 1190. The van der Waals surface area contributed by atoms with Crippen molar-refractivity contribution in [3.8, 4) is 5.75 Å². The zero-order valence-electron chi connectivity index (χ0n) is 23.6. The largest absolute Gasteiger partial charge is 0.463 e. The van der Waals surface area contributed by atoms with Crippen molar-refractivity contribution in [2.75, 3.05) is 30.1 Å². The number of rotatable bonds is 13. The van der Waals surface area contributed by atoms with Gasteiger partial charge in [0.2, 0.25) is 0 Å². The first-order chi connectivity index (χ1) is 19.1. The number of hydrogen-bond donors (Lipinski definition) is 2. The molecular weight excluding hydrogens is 552 g/mol. The van der Waals surface area contributed by atoms with E-state index >= 15 is 0 Å². The molecule has 3 rings (SSSR count). The fourth-order valence-electron chi connectivity index (χ4n) is 5.09. The van der Waals surface area contributed by atoms with Gasteiger partial charge < -0.3 is 14.4 Å². The first kappa shape index (κ1) is 31.8. The summed E-state index contributed by atoms with van der Waals surface area (Å²) in [6, 6.07) is 9.91. The molecular formula is C29H40N2O7S2. The van der Waals surface area contributed by atoms with E-state index in [1.165, 1.54) is 36.2 Å². The maximum Gasteiger partial charge on any atom is 0.333 e. The standard InChI is InChI=1S/C29H40N2O7S2/c1-5-8-15-29(16-9-6-2)20-30(22-10-12-23(13-11-22)31(33)34)24-18-26(39-4)25(19-27(24)40(35,36)21-29)38-17-14-28(32)37-7-3/h10-14,17-19,35-36H,5-9,15-16,20-21H2,1-4H3/b17-14+. The number of nitro benzene ring substituents is 1. The van der Waals surface area contributed by atoms with Crippen molar-refractivity contribution >= 4 is 45.4 Å². The molecule has 2 N–H and O–H groups in total. The van der Waals surface area contributed by atoms with Gasteiger partial charge in [0.05, 0.1) is 39.3 Å². The highest BCUT2D eigenvalue weighted by Crippen LogP contribution is 2.62. The third-order valence-electron chi connectivity index (χ3n) is 7.07. The minimum absolute atomic E-state index is 0.00625. The summed E-state index contributed by atoms with van der Waals surface area (Å²) >= 11 is 1.43. The van der Waals surface area contributed by atoms with Gasteiger partial charge in [-0.2, -0.15) is 10.6 Å². The Morgan fingerprint density at radius 2 is 1.80 bits per heavy atom. The van der Waals surface area contributed by atoms with Gasteiger partial charge in [-0.3, -0.25) is 19.2 Å². The van der Waals surface area contributed by atoms with Crippen molar-refractivity contribution in [3.05, 3.63) is 58.9 Å². The lowest BCUT2D eigenvalue weighted by Crippen LogP contribution is -2.37. The van der Waals surface area contributed by atoms with Crippen molar-refractivity contribution < 1.29 is 28.3 Å². The molecule has 0 aliphatic carbocycles. The van der Waals surface area contributed by atoms with Gasteiger partial charge in [-0.25, -0.2) is 4.79 Å². The van der Waals surface area contributed by atoms with Gasteiger partial charge in [-0.05, 0) is 44.2 Å². The second kappa shape index (κ2) is 14.2. The Morgan fingerprint density at radius 3 is 2.35 bits per heavy atom. The second-order valence-electron chi connectivity index (χ2n) is 10.0. The number of non-ortho nitro benzene ring substituents is 1. The average Bonchev–Trinajstić information content (AvgIpc) is 3.02. The van der Waals surface area contributed by atoms with Crippen LogP contribution < -0.4 is 9.64 Å². The Morgan fingerprint density at radius 1 is 1.15 bits per heavy atom. The van der Waals surface area contributed by atoms with Gasteiger partial charge >= 0.3 is 5.97 Å². The lowest BCUT2D eigenvalue weighted by Gasteiger charge is -2.42. The van der Waals surface area contributed by atoms with Gasteiger partial charge in [-0.15, -0.1) is 11.8 Å². The number of esters is 1.